The van der Waals surface area contributed by atoms with E-state index in [9.17, 15) is 17.6 Å². The van der Waals surface area contributed by atoms with Gasteiger partial charge >= 0.3 is 16.3 Å². The average molecular weight is 444 g/mol. The Hall–Kier alpha value is -2.43. The molecule has 2 aromatic carbocycles. The first kappa shape index (κ1) is 18.4. The van der Waals surface area contributed by atoms with Gasteiger partial charge in [-0.15, -0.1) is 0 Å². The van der Waals surface area contributed by atoms with Crippen molar-refractivity contribution in [2.24, 2.45) is 0 Å². The molecular weight excluding hydrogens is 433 g/mol. The molecule has 2 N–H and O–H groups in total. The first-order chi connectivity index (χ1) is 12.2. The number of hydrogen-bond donors (Lipinski definition) is 2. The highest BCUT2D eigenvalue weighted by atomic mass is 79.9. The fourth-order valence-electron chi connectivity index (χ4n) is 2.44. The molecule has 0 atom stereocenters. The highest BCUT2D eigenvalue weighted by Crippen LogP contribution is 2.38. The van der Waals surface area contributed by atoms with Gasteiger partial charge in [-0.2, -0.15) is 8.42 Å². The molecule has 0 amide bonds. The van der Waals surface area contributed by atoms with Crippen LogP contribution in [0.2, 0.25) is 0 Å². The fourth-order valence-corrected chi connectivity index (χ4v) is 3.46. The zero-order chi connectivity index (χ0) is 19.1. The van der Waals surface area contributed by atoms with Crippen molar-refractivity contribution in [2.45, 2.75) is 0 Å². The number of methoxy groups -OCH3 is 1. The van der Waals surface area contributed by atoms with E-state index >= 15 is 0 Å². The Labute approximate surface area is 155 Å². The molecule has 1 aromatic heterocycles. The van der Waals surface area contributed by atoms with Gasteiger partial charge in [0.05, 0.1) is 12.8 Å². The van der Waals surface area contributed by atoms with Crippen LogP contribution in [0.4, 0.5) is 10.1 Å². The van der Waals surface area contributed by atoms with Crippen molar-refractivity contribution >= 4 is 48.9 Å². The Morgan fingerprint density at radius 3 is 2.50 bits per heavy atom. The minimum absolute atomic E-state index is 0.0100. The van der Waals surface area contributed by atoms with Crippen LogP contribution in [0.25, 0.3) is 22.3 Å². The second-order valence-corrected chi connectivity index (χ2v) is 7.22. The van der Waals surface area contributed by atoms with E-state index in [1.807, 2.05) is 4.72 Å². The highest BCUT2D eigenvalue weighted by molar-refractivity contribution is 9.10. The standard InChI is InChI=1S/C16H11BrFNO6S/c1-24-16(20)14-10-6-11(17)12(19-26(21,22)23)7-13(10)25-15(14)8-2-4-9(18)5-3-8/h2-7,19H,1H3,(H,21,22,23). The third-order valence-electron chi connectivity index (χ3n) is 3.51. The number of anilines is 1. The number of carbonyl (C=O) groups excluding carboxylic acids is 1. The summed E-state index contributed by atoms with van der Waals surface area (Å²) in [6, 6.07) is 8.05. The zero-order valence-electron chi connectivity index (χ0n) is 13.1. The summed E-state index contributed by atoms with van der Waals surface area (Å²) in [5.74, 6) is -0.986. The Balaban J connectivity index is 2.27. The molecule has 0 aliphatic carbocycles. The lowest BCUT2D eigenvalue weighted by Crippen LogP contribution is -2.10. The molecule has 136 valence electrons. The highest BCUT2D eigenvalue weighted by Gasteiger charge is 2.24. The molecule has 0 saturated carbocycles. The lowest BCUT2D eigenvalue weighted by molar-refractivity contribution is 0.0603. The Bertz CT molecular complexity index is 1110. The average Bonchev–Trinajstić information content (AvgIpc) is 2.92. The summed E-state index contributed by atoms with van der Waals surface area (Å²) >= 11 is 3.17. The Kier molecular flexibility index (Phi) is 4.74. The number of benzene rings is 2. The number of furan rings is 1. The van der Waals surface area contributed by atoms with Gasteiger partial charge in [-0.1, -0.05) is 0 Å². The summed E-state index contributed by atoms with van der Waals surface area (Å²) in [7, 11) is -3.30. The number of hydrogen-bond acceptors (Lipinski definition) is 5. The van der Waals surface area contributed by atoms with Crippen LogP contribution in [0, 0.1) is 5.82 Å². The van der Waals surface area contributed by atoms with Crippen molar-refractivity contribution in [3.05, 3.63) is 52.3 Å². The Morgan fingerprint density at radius 2 is 1.92 bits per heavy atom. The number of carbonyl (C=O) groups is 1. The zero-order valence-corrected chi connectivity index (χ0v) is 15.5. The number of rotatable bonds is 4. The first-order valence-corrected chi connectivity index (χ1v) is 9.28. The van der Waals surface area contributed by atoms with Crippen molar-refractivity contribution in [3.8, 4) is 11.3 Å². The van der Waals surface area contributed by atoms with Gasteiger partial charge in [0, 0.05) is 21.5 Å². The molecule has 0 unspecified atom stereocenters. The van der Waals surface area contributed by atoms with Crippen LogP contribution in [0.3, 0.4) is 0 Å². The molecule has 3 rings (SSSR count). The molecule has 0 aliphatic heterocycles. The molecular formula is C16H11BrFNO6S. The normalized spacial score (nSPS) is 11.5. The summed E-state index contributed by atoms with van der Waals surface area (Å²) in [6.45, 7) is 0. The van der Waals surface area contributed by atoms with E-state index < -0.39 is 22.1 Å². The summed E-state index contributed by atoms with van der Waals surface area (Å²) in [5.41, 5.74) is 0.714. The number of ether oxygens (including phenoxy) is 1. The minimum Gasteiger partial charge on any atom is -0.465 e. The van der Waals surface area contributed by atoms with Gasteiger partial charge in [0.15, 0.2) is 0 Å². The summed E-state index contributed by atoms with van der Waals surface area (Å²) < 4.78 is 56.9. The lowest BCUT2D eigenvalue weighted by atomic mass is 10.1. The molecule has 0 aliphatic rings. The SMILES string of the molecule is COC(=O)c1c(-c2ccc(F)cc2)oc2cc(NS(=O)(=O)O)c(Br)cc12. The van der Waals surface area contributed by atoms with Gasteiger partial charge in [-0.05, 0) is 46.3 Å². The van der Waals surface area contributed by atoms with E-state index in [1.165, 1.54) is 43.5 Å². The number of fused-ring (bicyclic) bond motifs is 1. The van der Waals surface area contributed by atoms with Crippen molar-refractivity contribution < 1.29 is 31.3 Å². The van der Waals surface area contributed by atoms with Gasteiger partial charge in [-0.25, -0.2) is 9.18 Å². The van der Waals surface area contributed by atoms with Gasteiger partial charge in [0.25, 0.3) is 0 Å². The predicted octanol–water partition coefficient (Wildman–Crippen LogP) is 4.00. The van der Waals surface area contributed by atoms with Gasteiger partial charge in [0.1, 0.15) is 22.7 Å². The van der Waals surface area contributed by atoms with Crippen LogP contribution in [0.5, 0.6) is 0 Å². The molecule has 0 fully saturated rings. The van der Waals surface area contributed by atoms with E-state index in [0.29, 0.717) is 10.9 Å². The van der Waals surface area contributed by atoms with Crippen LogP contribution >= 0.6 is 15.9 Å². The second-order valence-electron chi connectivity index (χ2n) is 5.21. The second kappa shape index (κ2) is 6.71. The third kappa shape index (κ3) is 3.57. The van der Waals surface area contributed by atoms with E-state index in [2.05, 4.69) is 15.9 Å². The molecule has 0 saturated heterocycles. The predicted molar refractivity (Wildman–Crippen MR) is 95.8 cm³/mol. The molecule has 3 aromatic rings. The topological polar surface area (TPSA) is 106 Å². The number of halogens is 2. The third-order valence-corrected chi connectivity index (χ3v) is 4.65. The summed E-state index contributed by atoms with van der Waals surface area (Å²) in [5, 5.41) is 0.351. The fraction of sp³-hybridized carbons (Fsp3) is 0.0625. The van der Waals surface area contributed by atoms with Crippen molar-refractivity contribution in [2.75, 3.05) is 11.8 Å². The molecule has 0 radical (unpaired) electrons. The maximum atomic E-state index is 13.2. The summed E-state index contributed by atoms with van der Waals surface area (Å²) in [6.07, 6.45) is 0. The van der Waals surface area contributed by atoms with Gasteiger partial charge < -0.3 is 9.15 Å². The molecule has 0 spiro atoms. The quantitative estimate of drug-likeness (QED) is 0.466. The number of nitrogens with one attached hydrogen (secondary N) is 1. The number of esters is 1. The van der Waals surface area contributed by atoms with Crippen LogP contribution in [-0.2, 0) is 15.0 Å². The van der Waals surface area contributed by atoms with Crippen LogP contribution in [-0.4, -0.2) is 26.0 Å². The monoisotopic (exact) mass is 443 g/mol. The molecule has 26 heavy (non-hydrogen) atoms. The largest absolute Gasteiger partial charge is 0.465 e. The smallest absolute Gasteiger partial charge is 0.357 e. The van der Waals surface area contributed by atoms with Crippen LogP contribution in [0.1, 0.15) is 10.4 Å². The first-order valence-electron chi connectivity index (χ1n) is 7.05. The minimum atomic E-state index is -4.50. The Morgan fingerprint density at radius 1 is 1.27 bits per heavy atom. The summed E-state index contributed by atoms with van der Waals surface area (Å²) in [4.78, 5) is 12.3. The molecule has 0 bridgehead atoms. The van der Waals surface area contributed by atoms with Gasteiger partial charge in [-0.3, -0.25) is 9.27 Å². The van der Waals surface area contributed by atoms with E-state index in [1.54, 1.807) is 0 Å². The van der Waals surface area contributed by atoms with E-state index in [4.69, 9.17) is 13.7 Å². The molecule has 10 heteroatoms. The van der Waals surface area contributed by atoms with E-state index in [0.717, 1.165) is 0 Å². The maximum Gasteiger partial charge on any atom is 0.357 e. The van der Waals surface area contributed by atoms with Crippen LogP contribution < -0.4 is 4.72 Å². The van der Waals surface area contributed by atoms with Gasteiger partial charge in [0.2, 0.25) is 0 Å². The van der Waals surface area contributed by atoms with Crippen LogP contribution in [0.15, 0.2) is 45.3 Å². The van der Waals surface area contributed by atoms with Crippen molar-refractivity contribution in [1.82, 2.24) is 0 Å². The van der Waals surface area contributed by atoms with Crippen molar-refractivity contribution in [1.29, 1.82) is 0 Å². The lowest BCUT2D eigenvalue weighted by Gasteiger charge is -2.05. The van der Waals surface area contributed by atoms with E-state index in [-0.39, 0.29) is 27.1 Å². The maximum absolute atomic E-state index is 13.2. The van der Waals surface area contributed by atoms with Crippen molar-refractivity contribution in [3.63, 3.8) is 0 Å². The molecule has 7 nitrogen and oxygen atoms in total. The molecule has 1 heterocycles.